The Morgan fingerprint density at radius 2 is 1.82 bits per heavy atom. The average molecular weight is 548 g/mol. The van der Waals surface area contributed by atoms with E-state index in [0.717, 1.165) is 10.6 Å². The number of nitrogen functional groups attached to an aromatic ring is 1. The number of nitrogens with two attached hydrogens (primary N) is 1. The van der Waals surface area contributed by atoms with Crippen LogP contribution in [0.15, 0.2) is 48.7 Å². The van der Waals surface area contributed by atoms with Gasteiger partial charge in [0.25, 0.3) is 17.5 Å². The van der Waals surface area contributed by atoms with Gasteiger partial charge in [-0.3, -0.25) is 44.3 Å². The number of benzene rings is 2. The van der Waals surface area contributed by atoms with E-state index in [2.05, 4.69) is 10.6 Å². The molecule has 3 aliphatic heterocycles. The van der Waals surface area contributed by atoms with Crippen molar-refractivity contribution >= 4 is 52.3 Å². The molecule has 0 bridgehead atoms. The van der Waals surface area contributed by atoms with Crippen LogP contribution in [0.25, 0.3) is 0 Å². The van der Waals surface area contributed by atoms with Gasteiger partial charge in [0.15, 0.2) is 0 Å². The van der Waals surface area contributed by atoms with Crippen LogP contribution >= 0.6 is 0 Å². The number of imide groups is 2. The monoisotopic (exact) mass is 547 g/mol. The summed E-state index contributed by atoms with van der Waals surface area (Å²) in [5.74, 6) is -3.06. The maximum absolute atomic E-state index is 13.2. The van der Waals surface area contributed by atoms with Crippen LogP contribution in [0.2, 0.25) is 0 Å². The quantitative estimate of drug-likeness (QED) is 0.154. The molecule has 5 rings (SSSR count). The molecule has 1 atom stereocenters. The number of fused-ring (bicyclic) bond motifs is 1. The molecule has 3 heterocycles. The van der Waals surface area contributed by atoms with Gasteiger partial charge in [0.1, 0.15) is 11.7 Å². The summed E-state index contributed by atoms with van der Waals surface area (Å²) in [6.07, 6.45) is 2.99. The number of nitro groups is 1. The maximum atomic E-state index is 13.2. The number of nitrogens with zero attached hydrogens (tertiary/aromatic N) is 4. The van der Waals surface area contributed by atoms with E-state index >= 15 is 0 Å². The van der Waals surface area contributed by atoms with Gasteiger partial charge in [-0.1, -0.05) is 6.07 Å². The summed E-state index contributed by atoms with van der Waals surface area (Å²) in [5.41, 5.74) is 6.72. The number of nitro benzene ring substituents is 1. The van der Waals surface area contributed by atoms with E-state index in [1.807, 2.05) is 9.80 Å². The van der Waals surface area contributed by atoms with Crippen molar-refractivity contribution in [1.82, 2.24) is 15.1 Å². The van der Waals surface area contributed by atoms with E-state index < -0.39 is 40.5 Å². The fraction of sp³-hybridized carbons (Fsp3) is 0.269. The summed E-state index contributed by atoms with van der Waals surface area (Å²) in [6, 6.07) is 7.98. The summed E-state index contributed by atoms with van der Waals surface area (Å²) in [4.78, 5) is 77.9. The molecule has 2 fully saturated rings. The molecule has 40 heavy (non-hydrogen) atoms. The van der Waals surface area contributed by atoms with Crippen LogP contribution in [0.5, 0.6) is 0 Å². The highest BCUT2D eigenvalue weighted by molar-refractivity contribution is 6.26. The molecule has 14 heteroatoms. The van der Waals surface area contributed by atoms with Gasteiger partial charge in [-0.15, -0.1) is 0 Å². The van der Waals surface area contributed by atoms with Gasteiger partial charge in [0, 0.05) is 56.6 Å². The van der Waals surface area contributed by atoms with E-state index in [1.165, 1.54) is 30.3 Å². The summed E-state index contributed by atoms with van der Waals surface area (Å²) >= 11 is 0. The van der Waals surface area contributed by atoms with Gasteiger partial charge < -0.3 is 20.9 Å². The second-order valence-electron chi connectivity index (χ2n) is 9.50. The molecule has 2 aromatic carbocycles. The molecule has 0 aromatic heterocycles. The van der Waals surface area contributed by atoms with E-state index in [0.29, 0.717) is 26.2 Å². The minimum atomic E-state index is -1.10. The zero-order chi connectivity index (χ0) is 28.6. The van der Waals surface area contributed by atoms with E-state index in [9.17, 15) is 34.1 Å². The van der Waals surface area contributed by atoms with Gasteiger partial charge >= 0.3 is 0 Å². The summed E-state index contributed by atoms with van der Waals surface area (Å²) < 4.78 is 0. The third-order valence-electron chi connectivity index (χ3n) is 7.05. The van der Waals surface area contributed by atoms with Crippen molar-refractivity contribution in [2.24, 2.45) is 0 Å². The van der Waals surface area contributed by atoms with E-state index in [4.69, 9.17) is 5.73 Å². The number of carbonyl (C=O) groups is 5. The van der Waals surface area contributed by atoms with Crippen molar-refractivity contribution in [2.45, 2.75) is 18.9 Å². The van der Waals surface area contributed by atoms with Crippen molar-refractivity contribution in [3.05, 3.63) is 69.9 Å². The van der Waals surface area contributed by atoms with Crippen molar-refractivity contribution in [3.63, 3.8) is 0 Å². The van der Waals surface area contributed by atoms with Crippen molar-refractivity contribution in [2.75, 3.05) is 42.1 Å². The van der Waals surface area contributed by atoms with Crippen LogP contribution < -0.4 is 21.3 Å². The first-order chi connectivity index (χ1) is 19.1. The highest BCUT2D eigenvalue weighted by Crippen LogP contribution is 2.32. The van der Waals surface area contributed by atoms with Gasteiger partial charge in [0.2, 0.25) is 17.7 Å². The first-order valence-corrected chi connectivity index (χ1v) is 12.5. The van der Waals surface area contributed by atoms with Crippen LogP contribution in [0, 0.1) is 10.1 Å². The zero-order valence-electron chi connectivity index (χ0n) is 21.2. The summed E-state index contributed by atoms with van der Waals surface area (Å²) in [6.45, 7) is 2.36. The lowest BCUT2D eigenvalue weighted by Gasteiger charge is -2.35. The Morgan fingerprint density at radius 3 is 2.50 bits per heavy atom. The average Bonchev–Trinajstić information content (AvgIpc) is 3.18. The summed E-state index contributed by atoms with van der Waals surface area (Å²) in [5, 5.41) is 15.8. The molecule has 1 unspecified atom stereocenters. The van der Waals surface area contributed by atoms with Crippen LogP contribution in [0.1, 0.15) is 33.6 Å². The molecule has 0 spiro atoms. The Morgan fingerprint density at radius 1 is 1.07 bits per heavy atom. The summed E-state index contributed by atoms with van der Waals surface area (Å²) in [7, 11) is 0. The number of hydrogen-bond donors (Lipinski definition) is 3. The molecule has 14 nitrogen and oxygen atoms in total. The number of piperazine rings is 1. The predicted octanol–water partition coefficient (Wildman–Crippen LogP) is 0.853. The third kappa shape index (κ3) is 4.93. The van der Waals surface area contributed by atoms with E-state index in [-0.39, 0.29) is 41.0 Å². The second-order valence-corrected chi connectivity index (χ2v) is 9.50. The molecule has 2 aromatic rings. The molecule has 0 radical (unpaired) electrons. The number of nitrogens with one attached hydrogen (secondary N) is 2. The molecule has 4 N–H and O–H groups in total. The number of anilines is 3. The third-order valence-corrected chi connectivity index (χ3v) is 7.05. The van der Waals surface area contributed by atoms with Gasteiger partial charge in [-0.05, 0) is 30.7 Å². The minimum Gasteiger partial charge on any atom is -0.393 e. The standard InChI is InChI=1S/C26H25N7O7/c27-17-14-15(4-5-19(17)33(39)40)31-12-10-30(11-13-31)9-8-22(35)28-18-3-1-2-16-23(18)26(38)32(25(16)37)20-6-7-21(34)29-24(20)36/h1-5,8-9,14,20H,6-7,10-13,27H2,(H,28,35)(H,29,34,36). The molecular weight excluding hydrogens is 522 g/mol. The van der Waals surface area contributed by atoms with Crippen molar-refractivity contribution < 1.29 is 28.9 Å². The first kappa shape index (κ1) is 26.3. The van der Waals surface area contributed by atoms with Crippen LogP contribution in [0.3, 0.4) is 0 Å². The smallest absolute Gasteiger partial charge is 0.292 e. The highest BCUT2D eigenvalue weighted by Gasteiger charge is 2.45. The zero-order valence-corrected chi connectivity index (χ0v) is 21.2. The molecule has 0 saturated carbocycles. The molecule has 3 aliphatic rings. The number of carbonyl (C=O) groups excluding carboxylic acids is 5. The minimum absolute atomic E-state index is 0.00469. The molecule has 5 amide bonds. The molecule has 206 valence electrons. The largest absolute Gasteiger partial charge is 0.393 e. The number of piperidine rings is 1. The normalized spacial score (nSPS) is 19.2. The predicted molar refractivity (Wildman–Crippen MR) is 142 cm³/mol. The Bertz CT molecular complexity index is 1480. The first-order valence-electron chi connectivity index (χ1n) is 12.5. The second kappa shape index (κ2) is 10.5. The van der Waals surface area contributed by atoms with Gasteiger partial charge in [-0.2, -0.15) is 0 Å². The van der Waals surface area contributed by atoms with Crippen LogP contribution in [0.4, 0.5) is 22.7 Å². The molecule has 2 saturated heterocycles. The lowest BCUT2D eigenvalue weighted by atomic mass is 10.0. The molecular formula is C26H25N7O7. The Kier molecular flexibility index (Phi) is 6.90. The fourth-order valence-corrected chi connectivity index (χ4v) is 5.00. The Hall–Kier alpha value is -5.27. The van der Waals surface area contributed by atoms with Crippen LogP contribution in [-0.4, -0.2) is 76.5 Å². The Labute approximate surface area is 227 Å². The highest BCUT2D eigenvalue weighted by atomic mass is 16.6. The lowest BCUT2D eigenvalue weighted by molar-refractivity contribution is -0.383. The van der Waals surface area contributed by atoms with E-state index in [1.54, 1.807) is 18.3 Å². The van der Waals surface area contributed by atoms with Gasteiger partial charge in [0.05, 0.1) is 21.7 Å². The Balaban J connectivity index is 1.21. The SMILES string of the molecule is Nc1cc(N2CCN(C=CC(=O)Nc3cccc4c3C(=O)N(C3CCC(=O)NC3=O)C4=O)CC2)ccc1[N+](=O)[O-]. The fourth-order valence-electron chi connectivity index (χ4n) is 5.00. The van der Waals surface area contributed by atoms with Gasteiger partial charge in [-0.25, -0.2) is 0 Å². The lowest BCUT2D eigenvalue weighted by Crippen LogP contribution is -2.54. The number of hydrogen-bond acceptors (Lipinski definition) is 10. The number of amides is 5. The van der Waals surface area contributed by atoms with Crippen molar-refractivity contribution in [1.29, 1.82) is 0 Å². The number of rotatable bonds is 6. The maximum Gasteiger partial charge on any atom is 0.292 e. The van der Waals surface area contributed by atoms with Crippen LogP contribution in [-0.2, 0) is 14.4 Å². The topological polar surface area (TPSA) is 188 Å². The van der Waals surface area contributed by atoms with Crippen molar-refractivity contribution in [3.8, 4) is 0 Å². The molecule has 0 aliphatic carbocycles.